The molecule has 172 valence electrons. The lowest BCUT2D eigenvalue weighted by atomic mass is 9.89. The third-order valence-corrected chi connectivity index (χ3v) is 5.74. The molecule has 2 heterocycles. The first-order chi connectivity index (χ1) is 14.4. The minimum Gasteiger partial charge on any atom is -0.459 e. The molecule has 1 fully saturated rings. The molecule has 8 heteroatoms. The van der Waals surface area contributed by atoms with Crippen LogP contribution in [0.5, 0.6) is 0 Å². The number of hydrogen-bond donors (Lipinski definition) is 2. The molecule has 0 aliphatic carbocycles. The fourth-order valence-electron chi connectivity index (χ4n) is 4.15. The Morgan fingerprint density at radius 2 is 1.97 bits per heavy atom. The zero-order chi connectivity index (χ0) is 23.0. The predicted molar refractivity (Wildman–Crippen MR) is 115 cm³/mol. The van der Waals surface area contributed by atoms with E-state index in [0.717, 1.165) is 5.56 Å². The number of amides is 1. The lowest BCUT2D eigenvalue weighted by Crippen LogP contribution is -2.59. The maximum atomic E-state index is 12.4. The molecule has 1 unspecified atom stereocenters. The first kappa shape index (κ1) is 23.5. The molecule has 3 atom stereocenters. The summed E-state index contributed by atoms with van der Waals surface area (Å²) in [5.41, 5.74) is 0.343. The van der Waals surface area contributed by atoms with Crippen molar-refractivity contribution in [2.75, 3.05) is 32.8 Å². The Hall–Kier alpha value is -2.16. The minimum atomic E-state index is -1.19. The van der Waals surface area contributed by atoms with Crippen molar-refractivity contribution in [2.24, 2.45) is 0 Å². The summed E-state index contributed by atoms with van der Waals surface area (Å²) in [6.45, 7) is 10.5. The molecule has 0 bridgehead atoms. The van der Waals surface area contributed by atoms with Crippen LogP contribution in [0.2, 0.25) is 0 Å². The molecule has 0 radical (unpaired) electrons. The summed E-state index contributed by atoms with van der Waals surface area (Å²) >= 11 is 0. The van der Waals surface area contributed by atoms with Gasteiger partial charge in [0.15, 0.2) is 0 Å². The van der Waals surface area contributed by atoms with Crippen molar-refractivity contribution in [3.8, 4) is 0 Å². The van der Waals surface area contributed by atoms with E-state index in [4.69, 9.17) is 9.47 Å². The molecule has 2 N–H and O–H groups in total. The van der Waals surface area contributed by atoms with Crippen LogP contribution in [0.4, 0.5) is 4.79 Å². The molecular weight excluding hydrogens is 400 g/mol. The van der Waals surface area contributed by atoms with E-state index in [1.54, 1.807) is 24.0 Å². The number of piperazine rings is 1. The van der Waals surface area contributed by atoms with Crippen molar-refractivity contribution in [1.29, 1.82) is 0 Å². The zero-order valence-electron chi connectivity index (χ0n) is 19.1. The standard InChI is InChI=1S/C23H34N2O6/c1-15-10-16-11-17(6-7-19(16)20(27)30-15)23(5,29)14-25-9-8-24(12-18(25)13-26)21(28)31-22(2,3)4/h6-7,11,15,18,26,29H,8-10,12-14H2,1-5H3/t15-,18+,23?/m0/s1. The Morgan fingerprint density at radius 1 is 1.26 bits per heavy atom. The van der Waals surface area contributed by atoms with Crippen molar-refractivity contribution >= 4 is 12.1 Å². The van der Waals surface area contributed by atoms with Gasteiger partial charge in [0.05, 0.1) is 23.8 Å². The van der Waals surface area contributed by atoms with Crippen LogP contribution < -0.4 is 0 Å². The summed E-state index contributed by atoms with van der Waals surface area (Å²) in [7, 11) is 0. The lowest BCUT2D eigenvalue weighted by Gasteiger charge is -2.43. The number of rotatable bonds is 4. The zero-order valence-corrected chi connectivity index (χ0v) is 19.1. The molecule has 1 amide bonds. The molecule has 0 spiro atoms. The molecule has 8 nitrogen and oxygen atoms in total. The van der Waals surface area contributed by atoms with E-state index in [9.17, 15) is 19.8 Å². The molecule has 3 rings (SSSR count). The molecule has 1 aromatic carbocycles. The fourth-order valence-corrected chi connectivity index (χ4v) is 4.15. The molecule has 2 aliphatic rings. The average molecular weight is 435 g/mol. The fraction of sp³-hybridized carbons (Fsp3) is 0.652. The summed E-state index contributed by atoms with van der Waals surface area (Å²) in [4.78, 5) is 28.1. The highest BCUT2D eigenvalue weighted by atomic mass is 16.6. The third kappa shape index (κ3) is 5.56. The van der Waals surface area contributed by atoms with E-state index in [0.29, 0.717) is 43.7 Å². The van der Waals surface area contributed by atoms with Crippen molar-refractivity contribution in [2.45, 2.75) is 64.4 Å². The summed E-state index contributed by atoms with van der Waals surface area (Å²) in [5, 5.41) is 21.2. The van der Waals surface area contributed by atoms with Crippen LogP contribution in [0, 0.1) is 0 Å². The number of β-amino-alcohol motifs (C(OH)–C–C–N with tert-alkyl or cyclic N) is 1. The molecule has 1 saturated heterocycles. The summed E-state index contributed by atoms with van der Waals surface area (Å²) in [6, 6.07) is 5.02. The number of esters is 1. The highest BCUT2D eigenvalue weighted by molar-refractivity contribution is 5.92. The van der Waals surface area contributed by atoms with Gasteiger partial charge < -0.3 is 24.6 Å². The second kappa shape index (κ2) is 8.76. The number of cyclic esters (lactones) is 1. The maximum absolute atomic E-state index is 12.4. The van der Waals surface area contributed by atoms with Gasteiger partial charge in [-0.25, -0.2) is 9.59 Å². The SMILES string of the molecule is C[C@H]1Cc2cc(C(C)(O)CN3CCN(C(=O)OC(C)(C)C)C[C@@H]3CO)ccc2C(=O)O1. The smallest absolute Gasteiger partial charge is 0.410 e. The van der Waals surface area contributed by atoms with Gasteiger partial charge in [0.2, 0.25) is 0 Å². The number of carbonyl (C=O) groups excluding carboxylic acids is 2. The largest absolute Gasteiger partial charge is 0.459 e. The number of benzene rings is 1. The van der Waals surface area contributed by atoms with Crippen LogP contribution in [0.3, 0.4) is 0 Å². The van der Waals surface area contributed by atoms with Gasteiger partial charge in [0.1, 0.15) is 11.7 Å². The summed E-state index contributed by atoms with van der Waals surface area (Å²) in [6.07, 6.45) is 0.0201. The number of ether oxygens (including phenoxy) is 2. The number of aliphatic hydroxyl groups is 2. The van der Waals surface area contributed by atoms with E-state index in [2.05, 4.69) is 0 Å². The van der Waals surface area contributed by atoms with E-state index < -0.39 is 17.3 Å². The first-order valence-corrected chi connectivity index (χ1v) is 10.8. The van der Waals surface area contributed by atoms with E-state index in [1.807, 2.05) is 38.7 Å². The van der Waals surface area contributed by atoms with Crippen LogP contribution >= 0.6 is 0 Å². The highest BCUT2D eigenvalue weighted by Gasteiger charge is 2.36. The minimum absolute atomic E-state index is 0.136. The van der Waals surface area contributed by atoms with Crippen molar-refractivity contribution < 1.29 is 29.3 Å². The molecule has 0 aromatic heterocycles. The Bertz CT molecular complexity index is 832. The van der Waals surface area contributed by atoms with Gasteiger partial charge in [-0.05, 0) is 51.8 Å². The number of carbonyl (C=O) groups is 2. The van der Waals surface area contributed by atoms with Crippen LogP contribution in [0.25, 0.3) is 0 Å². The van der Waals surface area contributed by atoms with Crippen LogP contribution in [-0.2, 0) is 21.5 Å². The Kier molecular flexibility index (Phi) is 6.64. The first-order valence-electron chi connectivity index (χ1n) is 10.8. The molecule has 0 saturated carbocycles. The Balaban J connectivity index is 1.71. The second-order valence-corrected chi connectivity index (χ2v) is 9.80. The van der Waals surface area contributed by atoms with Gasteiger partial charge in [0.25, 0.3) is 0 Å². The Labute approximate surface area is 183 Å². The van der Waals surface area contributed by atoms with Gasteiger partial charge in [-0.3, -0.25) is 4.90 Å². The molecule has 2 aliphatic heterocycles. The normalized spacial score (nSPS) is 24.2. The van der Waals surface area contributed by atoms with E-state index in [1.165, 1.54) is 0 Å². The second-order valence-electron chi connectivity index (χ2n) is 9.80. The average Bonchev–Trinajstić information content (AvgIpc) is 2.66. The molecular formula is C23H34N2O6. The predicted octanol–water partition coefficient (Wildman–Crippen LogP) is 1.91. The van der Waals surface area contributed by atoms with Gasteiger partial charge in [-0.2, -0.15) is 0 Å². The topological polar surface area (TPSA) is 99.5 Å². The van der Waals surface area contributed by atoms with Gasteiger partial charge in [-0.15, -0.1) is 0 Å². The quantitative estimate of drug-likeness (QED) is 0.699. The van der Waals surface area contributed by atoms with E-state index in [-0.39, 0.29) is 24.7 Å². The number of hydrogen-bond acceptors (Lipinski definition) is 7. The van der Waals surface area contributed by atoms with Gasteiger partial charge in [0, 0.05) is 32.6 Å². The van der Waals surface area contributed by atoms with Crippen molar-refractivity contribution in [3.05, 3.63) is 34.9 Å². The lowest BCUT2D eigenvalue weighted by molar-refractivity contribution is -0.0401. The van der Waals surface area contributed by atoms with Crippen molar-refractivity contribution in [3.63, 3.8) is 0 Å². The van der Waals surface area contributed by atoms with Crippen molar-refractivity contribution in [1.82, 2.24) is 9.80 Å². The highest BCUT2D eigenvalue weighted by Crippen LogP contribution is 2.29. The van der Waals surface area contributed by atoms with Crippen LogP contribution in [-0.4, -0.2) is 82.6 Å². The van der Waals surface area contributed by atoms with Gasteiger partial charge in [-0.1, -0.05) is 12.1 Å². The van der Waals surface area contributed by atoms with E-state index >= 15 is 0 Å². The molecule has 1 aromatic rings. The van der Waals surface area contributed by atoms with Crippen LogP contribution in [0.1, 0.15) is 56.1 Å². The number of aliphatic hydroxyl groups excluding tert-OH is 1. The van der Waals surface area contributed by atoms with Gasteiger partial charge >= 0.3 is 12.1 Å². The maximum Gasteiger partial charge on any atom is 0.410 e. The number of fused-ring (bicyclic) bond motifs is 1. The Morgan fingerprint density at radius 3 is 2.61 bits per heavy atom. The molecule has 31 heavy (non-hydrogen) atoms. The summed E-state index contributed by atoms with van der Waals surface area (Å²) in [5.74, 6) is -0.335. The summed E-state index contributed by atoms with van der Waals surface area (Å²) < 4.78 is 10.7. The third-order valence-electron chi connectivity index (χ3n) is 5.74. The van der Waals surface area contributed by atoms with Crippen LogP contribution in [0.15, 0.2) is 18.2 Å². The number of nitrogens with zero attached hydrogens (tertiary/aromatic N) is 2. The monoisotopic (exact) mass is 434 g/mol.